The SMILES string of the molecule is c1cc(-c2ccc(N(c3ccc(-c4ccc(-c5ccccc5-n5c6ccccc6c6ccccc65)cc4)cc3)c3ccc4c(c3)oc3ccccc34)cc2)cc(-c2ccc3ccccc3c2)c1. The zero-order valence-electron chi connectivity index (χ0n) is 36.6. The number of fused-ring (bicyclic) bond motifs is 7. The fourth-order valence-electron chi connectivity index (χ4n) is 10.1. The van der Waals surface area contributed by atoms with Crippen LogP contribution in [0.3, 0.4) is 0 Å². The second kappa shape index (κ2) is 16.0. The second-order valence-corrected chi connectivity index (χ2v) is 17.3. The van der Waals surface area contributed by atoms with E-state index in [-0.39, 0.29) is 0 Å². The average Bonchev–Trinajstić information content (AvgIpc) is 3.94. The third-order valence-electron chi connectivity index (χ3n) is 13.4. The van der Waals surface area contributed by atoms with Crippen LogP contribution in [0, 0.1) is 0 Å². The summed E-state index contributed by atoms with van der Waals surface area (Å²) in [7, 11) is 0. The number of anilines is 3. The number of benzene rings is 11. The molecule has 13 aromatic rings. The average molecular weight is 855 g/mol. The van der Waals surface area contributed by atoms with Crippen LogP contribution < -0.4 is 4.90 Å². The molecule has 0 saturated heterocycles. The van der Waals surface area contributed by atoms with Gasteiger partial charge in [-0.1, -0.05) is 176 Å². The Labute approximate surface area is 388 Å². The van der Waals surface area contributed by atoms with Crippen molar-refractivity contribution in [3.63, 3.8) is 0 Å². The summed E-state index contributed by atoms with van der Waals surface area (Å²) >= 11 is 0. The van der Waals surface area contributed by atoms with Crippen LogP contribution in [0.4, 0.5) is 17.1 Å². The molecule has 0 aliphatic heterocycles. The summed E-state index contributed by atoms with van der Waals surface area (Å²) in [5, 5.41) is 7.25. The molecule has 0 aliphatic carbocycles. The zero-order valence-corrected chi connectivity index (χ0v) is 36.6. The van der Waals surface area contributed by atoms with Crippen LogP contribution in [0.15, 0.2) is 259 Å². The van der Waals surface area contributed by atoms with Crippen molar-refractivity contribution in [3.05, 3.63) is 255 Å². The molecule has 314 valence electrons. The second-order valence-electron chi connectivity index (χ2n) is 17.3. The first-order valence-electron chi connectivity index (χ1n) is 22.9. The molecule has 0 saturated carbocycles. The van der Waals surface area contributed by atoms with E-state index in [1.807, 2.05) is 12.1 Å². The Morgan fingerprint density at radius 3 is 1.49 bits per heavy atom. The van der Waals surface area contributed by atoms with E-state index >= 15 is 0 Å². The molecule has 3 heteroatoms. The highest BCUT2D eigenvalue weighted by atomic mass is 16.3. The molecule has 0 unspecified atom stereocenters. The summed E-state index contributed by atoms with van der Waals surface area (Å²) in [5.74, 6) is 0. The largest absolute Gasteiger partial charge is 0.456 e. The summed E-state index contributed by atoms with van der Waals surface area (Å²) in [5.41, 5.74) is 17.9. The van der Waals surface area contributed by atoms with E-state index in [4.69, 9.17) is 4.42 Å². The maximum absolute atomic E-state index is 6.42. The molecule has 0 N–H and O–H groups in total. The van der Waals surface area contributed by atoms with Gasteiger partial charge in [0, 0.05) is 50.2 Å². The lowest BCUT2D eigenvalue weighted by atomic mass is 9.97. The summed E-state index contributed by atoms with van der Waals surface area (Å²) in [6, 6.07) is 91.9. The highest BCUT2D eigenvalue weighted by Gasteiger charge is 2.18. The highest BCUT2D eigenvalue weighted by molar-refractivity contribution is 6.10. The van der Waals surface area contributed by atoms with Crippen molar-refractivity contribution in [2.75, 3.05) is 4.90 Å². The smallest absolute Gasteiger partial charge is 0.137 e. The van der Waals surface area contributed by atoms with Gasteiger partial charge in [-0.25, -0.2) is 0 Å². The van der Waals surface area contributed by atoms with E-state index in [9.17, 15) is 0 Å². The van der Waals surface area contributed by atoms with Gasteiger partial charge in [0.2, 0.25) is 0 Å². The van der Waals surface area contributed by atoms with Crippen molar-refractivity contribution in [1.82, 2.24) is 4.57 Å². The number of hydrogen-bond donors (Lipinski definition) is 0. The third kappa shape index (κ3) is 6.76. The molecule has 2 aromatic heterocycles. The molecule has 0 fully saturated rings. The van der Waals surface area contributed by atoms with Crippen molar-refractivity contribution in [2.24, 2.45) is 0 Å². The number of furan rings is 1. The van der Waals surface area contributed by atoms with E-state index in [0.29, 0.717) is 0 Å². The van der Waals surface area contributed by atoms with Crippen LogP contribution in [0.1, 0.15) is 0 Å². The Kier molecular flexibility index (Phi) is 9.17. The van der Waals surface area contributed by atoms with Gasteiger partial charge in [0.1, 0.15) is 11.2 Å². The van der Waals surface area contributed by atoms with Crippen LogP contribution in [-0.4, -0.2) is 4.57 Å². The molecule has 0 aliphatic rings. The molecule has 67 heavy (non-hydrogen) atoms. The van der Waals surface area contributed by atoms with Gasteiger partial charge in [0.05, 0.1) is 16.7 Å². The summed E-state index contributed by atoms with van der Waals surface area (Å²) in [6.45, 7) is 0. The Balaban J connectivity index is 0.839. The van der Waals surface area contributed by atoms with Gasteiger partial charge in [0.25, 0.3) is 0 Å². The minimum absolute atomic E-state index is 0.863. The van der Waals surface area contributed by atoms with Gasteiger partial charge in [-0.05, 0) is 123 Å². The maximum atomic E-state index is 6.42. The van der Waals surface area contributed by atoms with Gasteiger partial charge < -0.3 is 13.9 Å². The van der Waals surface area contributed by atoms with Gasteiger partial charge in [-0.15, -0.1) is 0 Å². The fourth-order valence-corrected chi connectivity index (χ4v) is 10.1. The van der Waals surface area contributed by atoms with Crippen LogP contribution >= 0.6 is 0 Å². The Morgan fingerprint density at radius 1 is 0.284 bits per heavy atom. The lowest BCUT2D eigenvalue weighted by Crippen LogP contribution is -2.09. The summed E-state index contributed by atoms with van der Waals surface area (Å²) in [6.07, 6.45) is 0. The van der Waals surface area contributed by atoms with Gasteiger partial charge >= 0.3 is 0 Å². The number of hydrogen-bond acceptors (Lipinski definition) is 2. The molecule has 2 heterocycles. The molecule has 0 amide bonds. The number of nitrogens with zero attached hydrogens (tertiary/aromatic N) is 2. The first-order valence-corrected chi connectivity index (χ1v) is 22.9. The summed E-state index contributed by atoms with van der Waals surface area (Å²) in [4.78, 5) is 2.32. The first-order chi connectivity index (χ1) is 33.2. The van der Waals surface area contributed by atoms with Crippen molar-refractivity contribution < 1.29 is 4.42 Å². The molecule has 13 rings (SSSR count). The summed E-state index contributed by atoms with van der Waals surface area (Å²) < 4.78 is 8.83. The number of rotatable bonds is 8. The molecule has 0 radical (unpaired) electrons. The van der Waals surface area contributed by atoms with E-state index in [0.717, 1.165) is 55.7 Å². The molecule has 0 spiro atoms. The van der Waals surface area contributed by atoms with Crippen molar-refractivity contribution in [2.45, 2.75) is 0 Å². The van der Waals surface area contributed by atoms with Gasteiger partial charge in [0.15, 0.2) is 0 Å². The van der Waals surface area contributed by atoms with E-state index < -0.39 is 0 Å². The van der Waals surface area contributed by atoms with Crippen molar-refractivity contribution in [1.29, 1.82) is 0 Å². The quantitative estimate of drug-likeness (QED) is 0.152. The van der Waals surface area contributed by atoms with Crippen LogP contribution in [-0.2, 0) is 0 Å². The van der Waals surface area contributed by atoms with Crippen LogP contribution in [0.5, 0.6) is 0 Å². The van der Waals surface area contributed by atoms with Crippen LogP contribution in [0.25, 0.3) is 105 Å². The predicted molar refractivity (Wildman–Crippen MR) is 282 cm³/mol. The predicted octanol–water partition coefficient (Wildman–Crippen LogP) is 18.0. The molecule has 3 nitrogen and oxygen atoms in total. The normalized spacial score (nSPS) is 11.6. The van der Waals surface area contributed by atoms with Crippen molar-refractivity contribution in [3.8, 4) is 50.2 Å². The number of para-hydroxylation sites is 4. The molecule has 11 aromatic carbocycles. The molecule has 0 atom stereocenters. The van der Waals surface area contributed by atoms with Crippen LogP contribution in [0.2, 0.25) is 0 Å². The maximum Gasteiger partial charge on any atom is 0.137 e. The molecule has 0 bridgehead atoms. The third-order valence-corrected chi connectivity index (χ3v) is 13.4. The van der Waals surface area contributed by atoms with Crippen molar-refractivity contribution >= 4 is 71.6 Å². The lowest BCUT2D eigenvalue weighted by molar-refractivity contribution is 0.669. The molecular formula is C64H42N2O. The highest BCUT2D eigenvalue weighted by Crippen LogP contribution is 2.41. The Bertz CT molecular complexity index is 3920. The lowest BCUT2D eigenvalue weighted by Gasteiger charge is -2.26. The van der Waals surface area contributed by atoms with Gasteiger partial charge in [-0.2, -0.15) is 0 Å². The minimum atomic E-state index is 0.863. The Morgan fingerprint density at radius 2 is 0.776 bits per heavy atom. The number of aromatic nitrogens is 1. The van der Waals surface area contributed by atoms with E-state index in [1.54, 1.807) is 0 Å². The topological polar surface area (TPSA) is 21.3 Å². The minimum Gasteiger partial charge on any atom is -0.456 e. The first kappa shape index (κ1) is 38.5. The zero-order chi connectivity index (χ0) is 44.3. The van der Waals surface area contributed by atoms with Gasteiger partial charge in [-0.3, -0.25) is 0 Å². The fraction of sp³-hybridized carbons (Fsp3) is 0. The standard InChI is InChI=1S/C64H42N2O/c1-2-13-48-41-51(29-26-43(48)12-1)50-15-11-14-49(40-50)46-32-36-53(37-33-46)65(54-38-39-59-58-19-6-10-23-63(58)67-64(59)42-54)52-34-30-45(31-35-52)44-24-27-47(28-25-44)55-16-3-7-20-60(55)66-61-21-8-4-17-56(61)57-18-5-9-22-62(57)66/h1-42H. The van der Waals surface area contributed by atoms with E-state index in [1.165, 1.54) is 66.1 Å². The molecular weight excluding hydrogens is 813 g/mol. The Hall–Kier alpha value is -8.92. The monoisotopic (exact) mass is 854 g/mol. The van der Waals surface area contributed by atoms with E-state index in [2.05, 4.69) is 252 Å².